The van der Waals surface area contributed by atoms with E-state index in [-0.39, 0.29) is 0 Å². The summed E-state index contributed by atoms with van der Waals surface area (Å²) in [6, 6.07) is 2.08. The third-order valence-electron chi connectivity index (χ3n) is 1.82. The molecule has 1 heterocycles. The lowest BCUT2D eigenvalue weighted by molar-refractivity contribution is 0.633. The average molecular weight is 152 g/mol. The molecule has 2 nitrogen and oxygen atoms in total. The standard InChI is InChI=1S/C9H16N2/c1-2-3-5-11-6-4-9(7-10)8-11/h4,6,8H,2-3,5,7,10H2,1H3. The molecule has 0 atom stereocenters. The van der Waals surface area contributed by atoms with Crippen molar-refractivity contribution in [2.45, 2.75) is 32.9 Å². The Morgan fingerprint density at radius 3 is 2.91 bits per heavy atom. The zero-order valence-electron chi connectivity index (χ0n) is 7.09. The van der Waals surface area contributed by atoms with Crippen LogP contribution in [0.1, 0.15) is 25.3 Å². The molecule has 1 aromatic rings. The third-order valence-corrected chi connectivity index (χ3v) is 1.82. The molecule has 0 fully saturated rings. The molecular formula is C9H16N2. The number of hydrogen-bond donors (Lipinski definition) is 1. The maximum absolute atomic E-state index is 5.48. The van der Waals surface area contributed by atoms with Crippen LogP contribution in [0.25, 0.3) is 0 Å². The van der Waals surface area contributed by atoms with E-state index in [4.69, 9.17) is 5.73 Å². The molecule has 11 heavy (non-hydrogen) atoms. The molecule has 0 amide bonds. The van der Waals surface area contributed by atoms with Gasteiger partial charge in [0.2, 0.25) is 0 Å². The third kappa shape index (κ3) is 2.39. The minimum absolute atomic E-state index is 0.652. The predicted octanol–water partition coefficient (Wildman–Crippen LogP) is 1.75. The van der Waals surface area contributed by atoms with Gasteiger partial charge in [-0.05, 0) is 18.1 Å². The molecule has 0 aliphatic rings. The van der Waals surface area contributed by atoms with E-state index >= 15 is 0 Å². The second-order valence-corrected chi connectivity index (χ2v) is 2.82. The van der Waals surface area contributed by atoms with Crippen molar-refractivity contribution in [1.29, 1.82) is 0 Å². The molecule has 0 unspecified atom stereocenters. The molecule has 0 saturated heterocycles. The SMILES string of the molecule is CCCCn1ccc(CN)c1. The van der Waals surface area contributed by atoms with Crippen molar-refractivity contribution >= 4 is 0 Å². The maximum atomic E-state index is 5.48. The van der Waals surface area contributed by atoms with Crippen molar-refractivity contribution in [2.75, 3.05) is 0 Å². The van der Waals surface area contributed by atoms with Gasteiger partial charge in [-0.15, -0.1) is 0 Å². The van der Waals surface area contributed by atoms with Crippen LogP contribution >= 0.6 is 0 Å². The molecule has 2 heteroatoms. The summed E-state index contributed by atoms with van der Waals surface area (Å²) in [7, 11) is 0. The zero-order chi connectivity index (χ0) is 8.10. The van der Waals surface area contributed by atoms with E-state index in [1.165, 1.54) is 18.4 Å². The van der Waals surface area contributed by atoms with E-state index in [0.29, 0.717) is 6.54 Å². The van der Waals surface area contributed by atoms with Crippen molar-refractivity contribution in [3.05, 3.63) is 24.0 Å². The Balaban J connectivity index is 2.44. The van der Waals surface area contributed by atoms with Gasteiger partial charge >= 0.3 is 0 Å². The fourth-order valence-electron chi connectivity index (χ4n) is 1.09. The molecule has 1 rings (SSSR count). The molecule has 0 saturated carbocycles. The first-order chi connectivity index (χ1) is 5.36. The highest BCUT2D eigenvalue weighted by molar-refractivity contribution is 5.09. The summed E-state index contributed by atoms with van der Waals surface area (Å²) >= 11 is 0. The largest absolute Gasteiger partial charge is 0.354 e. The number of aromatic nitrogens is 1. The Bertz CT molecular complexity index is 203. The van der Waals surface area contributed by atoms with Crippen LogP contribution in [-0.2, 0) is 13.1 Å². The lowest BCUT2D eigenvalue weighted by Gasteiger charge is -1.98. The minimum atomic E-state index is 0.652. The highest BCUT2D eigenvalue weighted by Gasteiger charge is 1.92. The number of unbranched alkanes of at least 4 members (excludes halogenated alkanes) is 1. The van der Waals surface area contributed by atoms with Crippen LogP contribution in [0.4, 0.5) is 0 Å². The van der Waals surface area contributed by atoms with Crippen LogP contribution in [-0.4, -0.2) is 4.57 Å². The van der Waals surface area contributed by atoms with E-state index in [9.17, 15) is 0 Å². The van der Waals surface area contributed by atoms with E-state index < -0.39 is 0 Å². The van der Waals surface area contributed by atoms with Crippen LogP contribution in [0.5, 0.6) is 0 Å². The monoisotopic (exact) mass is 152 g/mol. The quantitative estimate of drug-likeness (QED) is 0.700. The summed E-state index contributed by atoms with van der Waals surface area (Å²) in [5.74, 6) is 0. The van der Waals surface area contributed by atoms with Crippen LogP contribution in [0, 0.1) is 0 Å². The summed E-state index contributed by atoms with van der Waals surface area (Å²) in [5, 5.41) is 0. The molecule has 62 valence electrons. The Morgan fingerprint density at radius 2 is 2.36 bits per heavy atom. The number of nitrogens with zero attached hydrogens (tertiary/aromatic N) is 1. The minimum Gasteiger partial charge on any atom is -0.354 e. The van der Waals surface area contributed by atoms with Crippen molar-refractivity contribution in [2.24, 2.45) is 5.73 Å². The van der Waals surface area contributed by atoms with Gasteiger partial charge in [-0.25, -0.2) is 0 Å². The zero-order valence-corrected chi connectivity index (χ0v) is 7.09. The summed E-state index contributed by atoms with van der Waals surface area (Å²) in [6.07, 6.45) is 6.71. The van der Waals surface area contributed by atoms with Gasteiger partial charge < -0.3 is 10.3 Å². The summed E-state index contributed by atoms with van der Waals surface area (Å²) in [4.78, 5) is 0. The van der Waals surface area contributed by atoms with Gasteiger partial charge in [0, 0.05) is 25.5 Å². The van der Waals surface area contributed by atoms with Gasteiger partial charge in [-0.2, -0.15) is 0 Å². The van der Waals surface area contributed by atoms with Crippen LogP contribution in [0.15, 0.2) is 18.5 Å². The highest BCUT2D eigenvalue weighted by atomic mass is 14.9. The lowest BCUT2D eigenvalue weighted by Crippen LogP contribution is -1.96. The van der Waals surface area contributed by atoms with Gasteiger partial charge in [0.25, 0.3) is 0 Å². The average Bonchev–Trinajstić information content (AvgIpc) is 2.48. The lowest BCUT2D eigenvalue weighted by atomic mass is 10.3. The van der Waals surface area contributed by atoms with Crippen LogP contribution < -0.4 is 5.73 Å². The molecule has 2 N–H and O–H groups in total. The maximum Gasteiger partial charge on any atom is 0.0219 e. The van der Waals surface area contributed by atoms with Crippen molar-refractivity contribution in [1.82, 2.24) is 4.57 Å². The van der Waals surface area contributed by atoms with Gasteiger partial charge in [-0.1, -0.05) is 13.3 Å². The normalized spacial score (nSPS) is 10.4. The van der Waals surface area contributed by atoms with Crippen molar-refractivity contribution in [3.63, 3.8) is 0 Å². The number of hydrogen-bond acceptors (Lipinski definition) is 1. The Morgan fingerprint density at radius 1 is 1.55 bits per heavy atom. The smallest absolute Gasteiger partial charge is 0.0219 e. The second kappa shape index (κ2) is 4.19. The molecule has 0 spiro atoms. The number of rotatable bonds is 4. The fraction of sp³-hybridized carbons (Fsp3) is 0.556. The van der Waals surface area contributed by atoms with Gasteiger partial charge in [0.05, 0.1) is 0 Å². The molecule has 0 aliphatic carbocycles. The van der Waals surface area contributed by atoms with E-state index in [2.05, 4.69) is 30.0 Å². The summed E-state index contributed by atoms with van der Waals surface area (Å²) in [5.41, 5.74) is 6.70. The first-order valence-electron chi connectivity index (χ1n) is 4.21. The first-order valence-corrected chi connectivity index (χ1v) is 4.21. The number of aryl methyl sites for hydroxylation is 1. The Hall–Kier alpha value is -0.760. The van der Waals surface area contributed by atoms with E-state index in [1.807, 2.05) is 0 Å². The van der Waals surface area contributed by atoms with Crippen molar-refractivity contribution < 1.29 is 0 Å². The van der Waals surface area contributed by atoms with Gasteiger partial charge in [0.1, 0.15) is 0 Å². The molecule has 0 bridgehead atoms. The van der Waals surface area contributed by atoms with Crippen LogP contribution in [0.3, 0.4) is 0 Å². The summed E-state index contributed by atoms with van der Waals surface area (Å²) < 4.78 is 2.20. The Kier molecular flexibility index (Phi) is 3.17. The van der Waals surface area contributed by atoms with E-state index in [1.54, 1.807) is 0 Å². The molecule has 0 aliphatic heterocycles. The topological polar surface area (TPSA) is 30.9 Å². The first kappa shape index (κ1) is 8.34. The number of nitrogens with two attached hydrogens (primary N) is 1. The molecule has 0 radical (unpaired) electrons. The predicted molar refractivity (Wildman–Crippen MR) is 47.2 cm³/mol. The Labute approximate surface area is 68.0 Å². The summed E-state index contributed by atoms with van der Waals surface area (Å²) in [6.45, 7) is 3.98. The van der Waals surface area contributed by atoms with E-state index in [0.717, 1.165) is 6.54 Å². The molecule has 0 aromatic carbocycles. The van der Waals surface area contributed by atoms with Crippen LogP contribution in [0.2, 0.25) is 0 Å². The molecule has 1 aromatic heterocycles. The second-order valence-electron chi connectivity index (χ2n) is 2.82. The van der Waals surface area contributed by atoms with Crippen molar-refractivity contribution in [3.8, 4) is 0 Å². The van der Waals surface area contributed by atoms with Gasteiger partial charge in [-0.3, -0.25) is 0 Å². The fourth-order valence-corrected chi connectivity index (χ4v) is 1.09. The van der Waals surface area contributed by atoms with Gasteiger partial charge in [0.15, 0.2) is 0 Å². The molecular weight excluding hydrogens is 136 g/mol. The highest BCUT2D eigenvalue weighted by Crippen LogP contribution is 2.01.